The Balaban J connectivity index is 0.00000180. The zero-order valence-corrected chi connectivity index (χ0v) is 9.34. The number of nitrogens with zero attached hydrogens (tertiary/aromatic N) is 7. The molecule has 0 aliphatic heterocycles. The molecule has 0 saturated heterocycles. The predicted octanol–water partition coefficient (Wildman–Crippen LogP) is -3.34. The Labute approximate surface area is 107 Å². The largest absolute Gasteiger partial charge is 0.412 e. The summed E-state index contributed by atoms with van der Waals surface area (Å²) in [5.41, 5.74) is 8.78. The first kappa shape index (κ1) is 16.6. The van der Waals surface area contributed by atoms with Crippen LogP contribution in [0.1, 0.15) is 0 Å². The molecule has 0 aromatic carbocycles. The molecule has 0 atom stereocenters. The molecule has 16 nitrogen and oxygen atoms in total. The fraction of sp³-hybridized carbons (Fsp3) is 0. The SMILES string of the molecule is Nc1nc(N[N+](=O)[O-])nc2nc(N[N+](=O)[O-])nn12.O.O. The summed E-state index contributed by atoms with van der Waals surface area (Å²) in [6, 6.07) is 0. The van der Waals surface area contributed by atoms with Gasteiger partial charge in [0.25, 0.3) is 11.7 Å². The van der Waals surface area contributed by atoms with Crippen molar-refractivity contribution in [2.75, 3.05) is 16.6 Å². The Hall–Kier alpha value is -3.40. The van der Waals surface area contributed by atoms with Gasteiger partial charge in [-0.25, -0.2) is 20.2 Å². The van der Waals surface area contributed by atoms with Crippen LogP contribution in [0.2, 0.25) is 0 Å². The second-order valence-electron chi connectivity index (χ2n) is 2.79. The number of rotatable bonds is 4. The highest BCUT2D eigenvalue weighted by Crippen LogP contribution is 2.09. The summed E-state index contributed by atoms with van der Waals surface area (Å²) in [7, 11) is 0. The molecule has 8 N–H and O–H groups in total. The number of nitrogens with one attached hydrogen (secondary N) is 2. The van der Waals surface area contributed by atoms with Crippen LogP contribution in [0.3, 0.4) is 0 Å². The van der Waals surface area contributed by atoms with E-state index in [9.17, 15) is 20.2 Å². The Kier molecular flexibility index (Phi) is 4.96. The highest BCUT2D eigenvalue weighted by molar-refractivity contribution is 5.45. The maximum absolute atomic E-state index is 10.2. The minimum absolute atomic E-state index is 0. The average Bonchev–Trinajstić information content (AvgIpc) is 2.58. The number of hydrazine groups is 2. The number of nitrogens with two attached hydrogens (primary N) is 1. The fourth-order valence-electron chi connectivity index (χ4n) is 1.07. The molecule has 110 valence electrons. The van der Waals surface area contributed by atoms with Crippen LogP contribution in [0.4, 0.5) is 17.8 Å². The molecule has 2 aromatic rings. The summed E-state index contributed by atoms with van der Waals surface area (Å²) >= 11 is 0. The summed E-state index contributed by atoms with van der Waals surface area (Å²) in [5, 5.41) is 22.2. The molecule has 0 fully saturated rings. The molecule has 2 rings (SSSR count). The maximum Gasteiger partial charge on any atom is 0.305 e. The van der Waals surface area contributed by atoms with Crippen molar-refractivity contribution in [1.29, 1.82) is 0 Å². The standard InChI is InChI=1S/C4H4N10O4.2H2O/c5-1-6-2(10-13(15)16)7-4-8-3(9-12(1)4)11-14(17)18;;/h(H4,5,6,7,8,9,10,11);2*1H2. The summed E-state index contributed by atoms with van der Waals surface area (Å²) < 4.78 is 0.886. The first-order valence-electron chi connectivity index (χ1n) is 4.18. The molecule has 0 aliphatic carbocycles. The van der Waals surface area contributed by atoms with E-state index >= 15 is 0 Å². The second kappa shape index (κ2) is 5.97. The Morgan fingerprint density at radius 3 is 2.05 bits per heavy atom. The molecular weight excluding hydrogens is 284 g/mol. The van der Waals surface area contributed by atoms with Gasteiger partial charge in [0, 0.05) is 0 Å². The quantitative estimate of drug-likeness (QED) is 0.370. The third kappa shape index (κ3) is 3.30. The van der Waals surface area contributed by atoms with Crippen LogP contribution in [-0.4, -0.2) is 45.6 Å². The summed E-state index contributed by atoms with van der Waals surface area (Å²) in [5.74, 6) is -1.24. The van der Waals surface area contributed by atoms with Gasteiger partial charge in [-0.15, -0.1) is 5.10 Å². The monoisotopic (exact) mass is 292 g/mol. The molecule has 0 bridgehead atoms. The van der Waals surface area contributed by atoms with Gasteiger partial charge < -0.3 is 16.7 Å². The van der Waals surface area contributed by atoms with Gasteiger partial charge in [0.2, 0.25) is 5.95 Å². The van der Waals surface area contributed by atoms with Gasteiger partial charge in [-0.05, 0) is 0 Å². The first-order chi connectivity index (χ1) is 8.45. The van der Waals surface area contributed by atoms with E-state index in [1.54, 1.807) is 10.9 Å². The molecule has 0 amide bonds. The van der Waals surface area contributed by atoms with Crippen molar-refractivity contribution in [3.05, 3.63) is 20.2 Å². The third-order valence-corrected chi connectivity index (χ3v) is 1.62. The van der Waals surface area contributed by atoms with Gasteiger partial charge >= 0.3 is 5.95 Å². The maximum atomic E-state index is 10.2. The van der Waals surface area contributed by atoms with E-state index < -0.39 is 16.0 Å². The summed E-state index contributed by atoms with van der Waals surface area (Å²) in [6.07, 6.45) is 0. The van der Waals surface area contributed by atoms with Crippen molar-refractivity contribution < 1.29 is 21.0 Å². The number of anilines is 3. The van der Waals surface area contributed by atoms with Crippen LogP contribution in [-0.2, 0) is 0 Å². The van der Waals surface area contributed by atoms with Gasteiger partial charge in [-0.2, -0.15) is 19.5 Å². The topological polar surface area (TPSA) is 255 Å². The number of nitro groups is 2. The third-order valence-electron chi connectivity index (χ3n) is 1.62. The van der Waals surface area contributed by atoms with Gasteiger partial charge in [-0.1, -0.05) is 10.9 Å². The van der Waals surface area contributed by atoms with E-state index in [0.717, 1.165) is 4.52 Å². The number of hydrogen-bond acceptors (Lipinski definition) is 9. The van der Waals surface area contributed by atoms with E-state index in [-0.39, 0.29) is 28.6 Å². The summed E-state index contributed by atoms with van der Waals surface area (Å²) in [4.78, 5) is 31.1. The lowest BCUT2D eigenvalue weighted by Crippen LogP contribution is -2.14. The van der Waals surface area contributed by atoms with Crippen molar-refractivity contribution in [2.24, 2.45) is 0 Å². The molecule has 16 heteroatoms. The minimum Gasteiger partial charge on any atom is -0.412 e. The number of nitrogen functional groups attached to an aromatic ring is 1. The number of hydrogen-bond donors (Lipinski definition) is 3. The second-order valence-corrected chi connectivity index (χ2v) is 2.79. The van der Waals surface area contributed by atoms with Crippen molar-refractivity contribution in [1.82, 2.24) is 24.6 Å². The zero-order valence-electron chi connectivity index (χ0n) is 9.34. The predicted molar refractivity (Wildman–Crippen MR) is 61.5 cm³/mol. The van der Waals surface area contributed by atoms with Gasteiger partial charge in [0.05, 0.1) is 0 Å². The Morgan fingerprint density at radius 1 is 1.00 bits per heavy atom. The highest BCUT2D eigenvalue weighted by atomic mass is 16.7. The molecule has 0 saturated carbocycles. The Morgan fingerprint density at radius 2 is 1.50 bits per heavy atom. The lowest BCUT2D eigenvalue weighted by molar-refractivity contribution is -0.446. The van der Waals surface area contributed by atoms with E-state index in [1.165, 1.54) is 0 Å². The molecule has 0 unspecified atom stereocenters. The molecule has 2 heterocycles. The Bertz CT molecular complexity index is 638. The van der Waals surface area contributed by atoms with Crippen LogP contribution < -0.4 is 16.6 Å². The van der Waals surface area contributed by atoms with Gasteiger partial charge in [0.15, 0.2) is 10.1 Å². The molecular formula is C4H8N10O6. The minimum atomic E-state index is -0.891. The van der Waals surface area contributed by atoms with Crippen LogP contribution >= 0.6 is 0 Å². The van der Waals surface area contributed by atoms with Crippen molar-refractivity contribution in [2.45, 2.75) is 0 Å². The molecule has 0 radical (unpaired) electrons. The van der Waals surface area contributed by atoms with E-state index in [2.05, 4.69) is 20.1 Å². The molecule has 0 aliphatic rings. The van der Waals surface area contributed by atoms with Crippen LogP contribution in [0.15, 0.2) is 0 Å². The molecule has 20 heavy (non-hydrogen) atoms. The van der Waals surface area contributed by atoms with Crippen molar-refractivity contribution >= 4 is 23.6 Å². The van der Waals surface area contributed by atoms with Gasteiger partial charge in [-0.3, -0.25) is 0 Å². The summed E-state index contributed by atoms with van der Waals surface area (Å²) in [6.45, 7) is 0. The molecule has 2 aromatic heterocycles. The van der Waals surface area contributed by atoms with E-state index in [1.807, 2.05) is 0 Å². The average molecular weight is 292 g/mol. The molecule has 0 spiro atoms. The van der Waals surface area contributed by atoms with Crippen LogP contribution in [0, 0.1) is 20.2 Å². The fourth-order valence-corrected chi connectivity index (χ4v) is 1.07. The first-order valence-corrected chi connectivity index (χ1v) is 4.18. The highest BCUT2D eigenvalue weighted by Gasteiger charge is 2.14. The van der Waals surface area contributed by atoms with Crippen molar-refractivity contribution in [3.8, 4) is 0 Å². The van der Waals surface area contributed by atoms with Gasteiger partial charge in [0.1, 0.15) is 0 Å². The van der Waals surface area contributed by atoms with E-state index in [0.29, 0.717) is 0 Å². The zero-order chi connectivity index (χ0) is 13.3. The van der Waals surface area contributed by atoms with Crippen LogP contribution in [0.25, 0.3) is 5.78 Å². The van der Waals surface area contributed by atoms with Crippen LogP contribution in [0.5, 0.6) is 0 Å². The number of fused-ring (bicyclic) bond motifs is 1. The normalized spacial score (nSPS) is 9.20. The van der Waals surface area contributed by atoms with Crippen molar-refractivity contribution in [3.63, 3.8) is 0 Å². The smallest absolute Gasteiger partial charge is 0.305 e. The lowest BCUT2D eigenvalue weighted by atomic mass is 10.8. The lowest BCUT2D eigenvalue weighted by Gasteiger charge is -1.98. The van der Waals surface area contributed by atoms with E-state index in [4.69, 9.17) is 5.73 Å². The number of aromatic nitrogens is 5.